The van der Waals surface area contributed by atoms with Gasteiger partial charge < -0.3 is 14.9 Å². The zero-order valence-electron chi connectivity index (χ0n) is 22.2. The number of rotatable bonds is 7. The third-order valence-electron chi connectivity index (χ3n) is 8.53. The maximum absolute atomic E-state index is 13.4. The molecule has 2 fully saturated rings. The van der Waals surface area contributed by atoms with Crippen LogP contribution >= 0.6 is 35.6 Å². The molecule has 2 heterocycles. The predicted octanol–water partition coefficient (Wildman–Crippen LogP) is 7.35. The van der Waals surface area contributed by atoms with Gasteiger partial charge in [0.1, 0.15) is 0 Å². The van der Waals surface area contributed by atoms with E-state index in [2.05, 4.69) is 11.0 Å². The van der Waals surface area contributed by atoms with Crippen molar-refractivity contribution in [3.05, 3.63) is 106 Å². The first-order valence-corrected chi connectivity index (χ1v) is 14.4. The lowest BCUT2D eigenvalue weighted by molar-refractivity contribution is -0.0265. The van der Waals surface area contributed by atoms with E-state index in [1.165, 1.54) is 0 Å². The first kappa shape index (κ1) is 29.9. The number of carbonyl (C=O) groups is 1. The van der Waals surface area contributed by atoms with Crippen molar-refractivity contribution in [1.29, 1.82) is 0 Å². The zero-order chi connectivity index (χ0) is 26.6. The minimum atomic E-state index is -0.741. The number of likely N-dealkylation sites (tertiary alicyclic amines) is 2. The summed E-state index contributed by atoms with van der Waals surface area (Å²) in [6.45, 7) is 4.08. The third-order valence-corrected chi connectivity index (χ3v) is 9.35. The van der Waals surface area contributed by atoms with Crippen LogP contribution in [0.4, 0.5) is 0 Å². The normalized spacial score (nSPS) is 21.3. The lowest BCUT2D eigenvalue weighted by Gasteiger charge is -2.45. The van der Waals surface area contributed by atoms with E-state index in [0.717, 1.165) is 81.4 Å². The van der Waals surface area contributed by atoms with E-state index in [1.807, 2.05) is 77.7 Å². The van der Waals surface area contributed by atoms with Crippen LogP contribution in [0.2, 0.25) is 10.0 Å². The molecule has 0 aromatic heterocycles. The van der Waals surface area contributed by atoms with Crippen molar-refractivity contribution in [2.24, 2.45) is 0 Å². The standard InChI is InChI=1S/C32H36Cl2N2O2.ClH/c33-28-15-7-14-27(29(28)34)31(17-9-21-36(24-31)30(37)25-10-3-1-4-11-25)16-8-20-35-22-18-32(38,19-23-35)26-12-5-2-6-13-26;/h1-7,10-15,38H,8-9,16-24H2;1H. The van der Waals surface area contributed by atoms with E-state index in [9.17, 15) is 9.90 Å². The molecule has 0 bridgehead atoms. The number of benzene rings is 3. The molecular formula is C32H37Cl3N2O2. The number of carbonyl (C=O) groups excluding carboxylic acids is 1. The minimum absolute atomic E-state index is 0. The molecule has 39 heavy (non-hydrogen) atoms. The average Bonchev–Trinajstić information content (AvgIpc) is 2.96. The lowest BCUT2D eigenvalue weighted by atomic mass is 9.70. The SMILES string of the molecule is Cl.O=C(c1ccccc1)N1CCCC(CCCN2CCC(O)(c3ccccc3)CC2)(c2cccc(Cl)c2Cl)C1. The van der Waals surface area contributed by atoms with Gasteiger partial charge in [0.2, 0.25) is 0 Å². The van der Waals surface area contributed by atoms with Gasteiger partial charge in [0.15, 0.2) is 0 Å². The Morgan fingerprint density at radius 3 is 2.21 bits per heavy atom. The highest BCUT2D eigenvalue weighted by Gasteiger charge is 2.40. The first-order valence-electron chi connectivity index (χ1n) is 13.7. The van der Waals surface area contributed by atoms with Crippen LogP contribution in [0.3, 0.4) is 0 Å². The maximum Gasteiger partial charge on any atom is 0.253 e. The van der Waals surface area contributed by atoms with Crippen molar-refractivity contribution in [3.8, 4) is 0 Å². The monoisotopic (exact) mass is 586 g/mol. The summed E-state index contributed by atoms with van der Waals surface area (Å²) < 4.78 is 0. The van der Waals surface area contributed by atoms with E-state index in [1.54, 1.807) is 0 Å². The highest BCUT2D eigenvalue weighted by molar-refractivity contribution is 6.42. The van der Waals surface area contributed by atoms with Crippen LogP contribution in [0.1, 0.15) is 60.0 Å². The van der Waals surface area contributed by atoms with Crippen LogP contribution in [-0.2, 0) is 11.0 Å². The van der Waals surface area contributed by atoms with E-state index < -0.39 is 5.60 Å². The highest BCUT2D eigenvalue weighted by Crippen LogP contribution is 2.44. The van der Waals surface area contributed by atoms with Crippen molar-refractivity contribution >= 4 is 41.5 Å². The van der Waals surface area contributed by atoms with Crippen molar-refractivity contribution in [3.63, 3.8) is 0 Å². The van der Waals surface area contributed by atoms with Crippen molar-refractivity contribution in [2.75, 3.05) is 32.7 Å². The Kier molecular flexibility index (Phi) is 10.0. The van der Waals surface area contributed by atoms with Crippen molar-refractivity contribution < 1.29 is 9.90 Å². The summed E-state index contributed by atoms with van der Waals surface area (Å²) in [5.74, 6) is 0.0732. The molecule has 2 aliphatic heterocycles. The van der Waals surface area contributed by atoms with Crippen LogP contribution in [0.5, 0.6) is 0 Å². The summed E-state index contributed by atoms with van der Waals surface area (Å²) >= 11 is 13.3. The molecule has 7 heteroatoms. The Morgan fingerprint density at radius 1 is 0.846 bits per heavy atom. The Labute approximate surface area is 248 Å². The van der Waals surface area contributed by atoms with Gasteiger partial charge in [0.25, 0.3) is 5.91 Å². The summed E-state index contributed by atoms with van der Waals surface area (Å²) in [4.78, 5) is 17.9. The molecule has 2 saturated heterocycles. The molecule has 2 aliphatic rings. The van der Waals surface area contributed by atoms with E-state index in [4.69, 9.17) is 23.2 Å². The van der Waals surface area contributed by atoms with Crippen LogP contribution in [0, 0.1) is 0 Å². The van der Waals surface area contributed by atoms with E-state index in [-0.39, 0.29) is 23.7 Å². The molecule has 1 unspecified atom stereocenters. The van der Waals surface area contributed by atoms with E-state index >= 15 is 0 Å². The van der Waals surface area contributed by atoms with Gasteiger partial charge in [-0.2, -0.15) is 0 Å². The fourth-order valence-electron chi connectivity index (χ4n) is 6.37. The molecule has 1 N–H and O–H groups in total. The van der Waals surface area contributed by atoms with Crippen LogP contribution in [0.15, 0.2) is 78.9 Å². The van der Waals surface area contributed by atoms with Crippen LogP contribution in [-0.4, -0.2) is 53.5 Å². The second kappa shape index (κ2) is 13.1. The molecule has 4 nitrogen and oxygen atoms in total. The topological polar surface area (TPSA) is 43.8 Å². The molecule has 0 aliphatic carbocycles. The highest BCUT2D eigenvalue weighted by atomic mass is 35.5. The molecule has 0 spiro atoms. The molecule has 3 aromatic carbocycles. The molecule has 5 rings (SSSR count). The van der Waals surface area contributed by atoms with Crippen LogP contribution in [0.25, 0.3) is 0 Å². The van der Waals surface area contributed by atoms with Crippen LogP contribution < -0.4 is 0 Å². The fourth-order valence-corrected chi connectivity index (χ4v) is 6.87. The third kappa shape index (κ3) is 6.64. The van der Waals surface area contributed by atoms with Gasteiger partial charge in [-0.15, -0.1) is 12.4 Å². The first-order chi connectivity index (χ1) is 18.4. The molecule has 1 amide bonds. The quantitative estimate of drug-likeness (QED) is 0.314. The van der Waals surface area contributed by atoms with Gasteiger partial charge in [-0.05, 0) is 74.4 Å². The van der Waals surface area contributed by atoms with Gasteiger partial charge in [-0.25, -0.2) is 0 Å². The largest absolute Gasteiger partial charge is 0.385 e. The summed E-state index contributed by atoms with van der Waals surface area (Å²) in [6, 6.07) is 25.5. The summed E-state index contributed by atoms with van der Waals surface area (Å²) in [6.07, 6.45) is 5.28. The van der Waals surface area contributed by atoms with Crippen molar-refractivity contribution in [1.82, 2.24) is 9.80 Å². The summed E-state index contributed by atoms with van der Waals surface area (Å²) in [5, 5.41) is 12.4. The number of amides is 1. The number of hydrogen-bond acceptors (Lipinski definition) is 3. The van der Waals surface area contributed by atoms with Gasteiger partial charge in [-0.3, -0.25) is 4.79 Å². The molecule has 1 atom stereocenters. The Balaban J connectivity index is 0.00000353. The van der Waals surface area contributed by atoms with E-state index in [0.29, 0.717) is 16.6 Å². The second-order valence-electron chi connectivity index (χ2n) is 10.9. The van der Waals surface area contributed by atoms with Gasteiger partial charge in [-0.1, -0.05) is 83.9 Å². The Morgan fingerprint density at radius 2 is 1.51 bits per heavy atom. The molecular weight excluding hydrogens is 551 g/mol. The lowest BCUT2D eigenvalue weighted by Crippen LogP contribution is -2.49. The predicted molar refractivity (Wildman–Crippen MR) is 162 cm³/mol. The van der Waals surface area contributed by atoms with Gasteiger partial charge in [0, 0.05) is 37.2 Å². The fraction of sp³-hybridized carbons (Fsp3) is 0.406. The van der Waals surface area contributed by atoms with Gasteiger partial charge in [0.05, 0.1) is 15.6 Å². The average molecular weight is 588 g/mol. The number of nitrogens with zero attached hydrogens (tertiary/aromatic N) is 2. The molecule has 208 valence electrons. The molecule has 0 radical (unpaired) electrons. The summed E-state index contributed by atoms with van der Waals surface area (Å²) in [7, 11) is 0. The zero-order valence-corrected chi connectivity index (χ0v) is 24.5. The number of aliphatic hydroxyl groups is 1. The smallest absolute Gasteiger partial charge is 0.253 e. The number of halogens is 3. The minimum Gasteiger partial charge on any atom is -0.385 e. The molecule has 3 aromatic rings. The second-order valence-corrected chi connectivity index (χ2v) is 11.7. The summed E-state index contributed by atoms with van der Waals surface area (Å²) in [5.41, 5.74) is 1.80. The Bertz CT molecular complexity index is 1230. The van der Waals surface area contributed by atoms with Crippen molar-refractivity contribution in [2.45, 2.75) is 49.5 Å². The number of piperidine rings is 2. The number of hydrogen-bond donors (Lipinski definition) is 1. The van der Waals surface area contributed by atoms with Gasteiger partial charge >= 0.3 is 0 Å². The molecule has 0 saturated carbocycles. The Hall–Kier alpha value is -2.08. The maximum atomic E-state index is 13.4.